The average molecular weight is 792 g/mol. The second-order valence-corrected chi connectivity index (χ2v) is 15.7. The van der Waals surface area contributed by atoms with Gasteiger partial charge in [-0.25, -0.2) is 9.97 Å². The number of aromatic nitrogens is 3. The summed E-state index contributed by atoms with van der Waals surface area (Å²) in [5.41, 5.74) is 14.9. The molecule has 62 heavy (non-hydrogen) atoms. The van der Waals surface area contributed by atoms with E-state index in [2.05, 4.69) is 247 Å². The Bertz CT molecular complexity index is 3130. The SMILES string of the molecule is c1ccc(-c2cc(-c3ccc(-c4ccc(-n5c6ccccc6c6ccccc65)cc4)cc3)nc(-c3ccc(C(c4ccccc4)(c4ccccc4)c4ccccc4)cc3)n2)cc1. The van der Waals surface area contributed by atoms with Crippen LogP contribution >= 0.6 is 0 Å². The molecule has 0 saturated heterocycles. The minimum absolute atomic E-state index is 0.534. The van der Waals surface area contributed by atoms with Crippen molar-refractivity contribution in [3.63, 3.8) is 0 Å². The van der Waals surface area contributed by atoms with Gasteiger partial charge in [0.2, 0.25) is 0 Å². The Morgan fingerprint density at radius 2 is 0.645 bits per heavy atom. The molecule has 0 spiro atoms. The molecule has 0 N–H and O–H groups in total. The Hall–Kier alpha value is -8.14. The molecular formula is C59H41N3. The lowest BCUT2D eigenvalue weighted by Gasteiger charge is -2.37. The number of hydrogen-bond donors (Lipinski definition) is 0. The molecule has 0 aliphatic heterocycles. The zero-order chi connectivity index (χ0) is 41.3. The third-order valence-electron chi connectivity index (χ3n) is 12.2. The molecule has 11 rings (SSSR count). The Kier molecular flexibility index (Phi) is 9.40. The van der Waals surface area contributed by atoms with Gasteiger partial charge < -0.3 is 4.57 Å². The van der Waals surface area contributed by atoms with E-state index in [1.165, 1.54) is 44.1 Å². The highest BCUT2D eigenvalue weighted by atomic mass is 15.0. The lowest BCUT2D eigenvalue weighted by molar-refractivity contribution is 0.745. The van der Waals surface area contributed by atoms with Crippen LogP contribution in [0.2, 0.25) is 0 Å². The third-order valence-corrected chi connectivity index (χ3v) is 12.2. The van der Waals surface area contributed by atoms with Crippen molar-refractivity contribution >= 4 is 21.8 Å². The quantitative estimate of drug-likeness (QED) is 0.136. The molecule has 0 radical (unpaired) electrons. The summed E-state index contributed by atoms with van der Waals surface area (Å²) in [6, 6.07) is 88.7. The van der Waals surface area contributed by atoms with Crippen molar-refractivity contribution in [1.82, 2.24) is 14.5 Å². The molecule has 0 aliphatic carbocycles. The maximum atomic E-state index is 5.24. The topological polar surface area (TPSA) is 30.7 Å². The molecule has 0 unspecified atom stereocenters. The average Bonchev–Trinajstić information content (AvgIpc) is 3.70. The summed E-state index contributed by atoms with van der Waals surface area (Å²) in [5, 5.41) is 2.53. The molecule has 2 heterocycles. The molecule has 11 aromatic rings. The molecule has 0 fully saturated rings. The van der Waals surface area contributed by atoms with Crippen molar-refractivity contribution in [2.45, 2.75) is 5.41 Å². The van der Waals surface area contributed by atoms with Gasteiger partial charge in [-0.1, -0.05) is 218 Å². The summed E-state index contributed by atoms with van der Waals surface area (Å²) in [4.78, 5) is 10.4. The smallest absolute Gasteiger partial charge is 0.160 e. The predicted molar refractivity (Wildman–Crippen MR) is 256 cm³/mol. The van der Waals surface area contributed by atoms with Crippen LogP contribution in [0.1, 0.15) is 22.3 Å². The van der Waals surface area contributed by atoms with Crippen LogP contribution in [0.5, 0.6) is 0 Å². The first kappa shape index (κ1) is 36.9. The van der Waals surface area contributed by atoms with Crippen molar-refractivity contribution in [2.75, 3.05) is 0 Å². The van der Waals surface area contributed by atoms with E-state index in [-0.39, 0.29) is 0 Å². The van der Waals surface area contributed by atoms with Gasteiger partial charge in [-0.3, -0.25) is 0 Å². The summed E-state index contributed by atoms with van der Waals surface area (Å²) in [6.07, 6.45) is 0. The first-order valence-electron chi connectivity index (χ1n) is 21.2. The van der Waals surface area contributed by atoms with Crippen LogP contribution < -0.4 is 0 Å². The van der Waals surface area contributed by atoms with E-state index in [1.54, 1.807) is 0 Å². The Balaban J connectivity index is 0.961. The normalized spacial score (nSPS) is 11.5. The summed E-state index contributed by atoms with van der Waals surface area (Å²) in [5.74, 6) is 0.683. The number of hydrogen-bond acceptors (Lipinski definition) is 2. The van der Waals surface area contributed by atoms with Crippen LogP contribution in [0.3, 0.4) is 0 Å². The maximum Gasteiger partial charge on any atom is 0.160 e. The first-order chi connectivity index (χ1) is 30.7. The van der Waals surface area contributed by atoms with Crippen molar-refractivity contribution in [1.29, 1.82) is 0 Å². The Morgan fingerprint density at radius 1 is 0.290 bits per heavy atom. The van der Waals surface area contributed by atoms with Gasteiger partial charge in [0, 0.05) is 33.2 Å². The lowest BCUT2D eigenvalue weighted by Crippen LogP contribution is -2.30. The standard InChI is InChI=1S/C59H41N3/c1-5-17-44(18-6-1)54-41-55(45-31-29-42(30-32-45)43-35-39-51(40-36-43)62-56-27-15-13-25-52(56)53-26-14-16-28-57(53)62)61-58(60-54)46-33-37-50(38-34-46)59(47-19-7-2-8-20-47,48-21-9-3-10-22-48)49-23-11-4-12-24-49/h1-41H. The van der Waals surface area contributed by atoms with Gasteiger partial charge in [-0.15, -0.1) is 0 Å². The molecule has 0 saturated carbocycles. The third kappa shape index (κ3) is 6.48. The molecule has 3 nitrogen and oxygen atoms in total. The van der Waals surface area contributed by atoms with E-state index in [9.17, 15) is 0 Å². The zero-order valence-electron chi connectivity index (χ0n) is 34.0. The highest BCUT2D eigenvalue weighted by Gasteiger charge is 2.38. The highest BCUT2D eigenvalue weighted by molar-refractivity contribution is 6.09. The van der Waals surface area contributed by atoms with E-state index < -0.39 is 5.41 Å². The fourth-order valence-electron chi connectivity index (χ4n) is 9.25. The van der Waals surface area contributed by atoms with E-state index in [1.807, 2.05) is 6.07 Å². The van der Waals surface area contributed by atoms with E-state index in [0.29, 0.717) is 5.82 Å². The molecule has 3 heteroatoms. The number of para-hydroxylation sites is 2. The minimum atomic E-state index is -0.534. The fourth-order valence-corrected chi connectivity index (χ4v) is 9.25. The summed E-state index contributed by atoms with van der Waals surface area (Å²) in [6.45, 7) is 0. The van der Waals surface area contributed by atoms with Crippen LogP contribution in [-0.4, -0.2) is 14.5 Å². The number of benzene rings is 9. The van der Waals surface area contributed by atoms with E-state index in [4.69, 9.17) is 9.97 Å². The monoisotopic (exact) mass is 791 g/mol. The Labute approximate surface area is 361 Å². The number of fused-ring (bicyclic) bond motifs is 3. The van der Waals surface area contributed by atoms with Crippen molar-refractivity contribution in [3.05, 3.63) is 271 Å². The van der Waals surface area contributed by atoms with Crippen molar-refractivity contribution < 1.29 is 0 Å². The molecule has 2 aromatic heterocycles. The van der Waals surface area contributed by atoms with Crippen LogP contribution in [0, 0.1) is 0 Å². The second kappa shape index (κ2) is 15.8. The van der Waals surface area contributed by atoms with Gasteiger partial charge in [-0.2, -0.15) is 0 Å². The molecular weight excluding hydrogens is 751 g/mol. The number of nitrogens with zero attached hydrogens (tertiary/aromatic N) is 3. The van der Waals surface area contributed by atoms with Crippen LogP contribution in [0.25, 0.3) is 72.5 Å². The maximum absolute atomic E-state index is 5.24. The lowest BCUT2D eigenvalue weighted by atomic mass is 9.65. The summed E-state index contributed by atoms with van der Waals surface area (Å²) in [7, 11) is 0. The Morgan fingerprint density at radius 3 is 1.13 bits per heavy atom. The van der Waals surface area contributed by atoms with Gasteiger partial charge in [0.05, 0.1) is 27.8 Å². The molecule has 0 aliphatic rings. The number of rotatable bonds is 9. The van der Waals surface area contributed by atoms with Crippen molar-refractivity contribution in [2.24, 2.45) is 0 Å². The zero-order valence-corrected chi connectivity index (χ0v) is 34.0. The fraction of sp³-hybridized carbons (Fsp3) is 0.0169. The second-order valence-electron chi connectivity index (χ2n) is 15.7. The van der Waals surface area contributed by atoms with Crippen LogP contribution in [0.4, 0.5) is 0 Å². The van der Waals surface area contributed by atoms with Gasteiger partial charge in [-0.05, 0) is 63.7 Å². The van der Waals surface area contributed by atoms with Crippen LogP contribution in [0.15, 0.2) is 249 Å². The van der Waals surface area contributed by atoms with Crippen molar-refractivity contribution in [3.8, 4) is 50.7 Å². The van der Waals surface area contributed by atoms with E-state index >= 15 is 0 Å². The van der Waals surface area contributed by atoms with Gasteiger partial charge in [0.25, 0.3) is 0 Å². The molecule has 9 aromatic carbocycles. The molecule has 0 atom stereocenters. The minimum Gasteiger partial charge on any atom is -0.309 e. The first-order valence-corrected chi connectivity index (χ1v) is 21.2. The molecule has 0 bridgehead atoms. The van der Waals surface area contributed by atoms with Gasteiger partial charge in [0.15, 0.2) is 5.82 Å². The van der Waals surface area contributed by atoms with Crippen LogP contribution in [-0.2, 0) is 5.41 Å². The predicted octanol–water partition coefficient (Wildman–Crippen LogP) is 14.6. The van der Waals surface area contributed by atoms with E-state index in [0.717, 1.165) is 44.9 Å². The van der Waals surface area contributed by atoms with Gasteiger partial charge >= 0.3 is 0 Å². The highest BCUT2D eigenvalue weighted by Crippen LogP contribution is 2.45. The van der Waals surface area contributed by atoms with Gasteiger partial charge in [0.1, 0.15) is 0 Å². The molecule has 0 amide bonds. The summed E-state index contributed by atoms with van der Waals surface area (Å²) >= 11 is 0. The summed E-state index contributed by atoms with van der Waals surface area (Å²) < 4.78 is 2.36. The largest absolute Gasteiger partial charge is 0.309 e. The molecule has 292 valence electrons.